The minimum absolute atomic E-state index is 0.0744. The first kappa shape index (κ1) is 15.5. The summed E-state index contributed by atoms with van der Waals surface area (Å²) in [4.78, 5) is 1.07. The molecule has 20 heavy (non-hydrogen) atoms. The Morgan fingerprint density at radius 1 is 1.15 bits per heavy atom. The van der Waals surface area contributed by atoms with E-state index >= 15 is 0 Å². The van der Waals surface area contributed by atoms with Crippen molar-refractivity contribution in [2.75, 3.05) is 12.8 Å². The lowest BCUT2D eigenvalue weighted by Crippen LogP contribution is -2.21. The Kier molecular flexibility index (Phi) is 5.57. The number of benzene rings is 2. The highest BCUT2D eigenvalue weighted by Crippen LogP contribution is 2.30. The molecule has 0 saturated carbocycles. The van der Waals surface area contributed by atoms with Crippen LogP contribution in [0.1, 0.15) is 11.6 Å². The van der Waals surface area contributed by atoms with Crippen molar-refractivity contribution in [2.45, 2.75) is 10.9 Å². The van der Waals surface area contributed by atoms with Crippen LogP contribution < -0.4 is 5.32 Å². The maximum Gasteiger partial charge on any atom is 0.145 e. The van der Waals surface area contributed by atoms with E-state index in [1.807, 2.05) is 30.3 Å². The number of nitrogens with one attached hydrogen (secondary N) is 1. The highest BCUT2D eigenvalue weighted by molar-refractivity contribution is 9.10. The molecule has 0 heterocycles. The van der Waals surface area contributed by atoms with Crippen LogP contribution in [0.15, 0.2) is 51.8 Å². The molecule has 1 unspecified atom stereocenters. The van der Waals surface area contributed by atoms with Gasteiger partial charge in [-0.1, -0.05) is 18.2 Å². The Labute approximate surface area is 129 Å². The Morgan fingerprint density at radius 2 is 1.85 bits per heavy atom. The smallest absolute Gasteiger partial charge is 0.145 e. The van der Waals surface area contributed by atoms with Crippen molar-refractivity contribution >= 4 is 27.7 Å². The molecule has 2 rings (SSSR count). The number of rotatable bonds is 5. The summed E-state index contributed by atoms with van der Waals surface area (Å²) in [6.45, 7) is 0. The quantitative estimate of drug-likeness (QED) is 0.610. The van der Waals surface area contributed by atoms with Crippen LogP contribution in [0.3, 0.4) is 0 Å². The zero-order chi connectivity index (χ0) is 14.5. The Morgan fingerprint density at radius 3 is 2.50 bits per heavy atom. The third-order valence-corrected chi connectivity index (χ3v) is 4.65. The first-order valence-corrected chi connectivity index (χ1v) is 7.90. The number of halogens is 3. The van der Waals surface area contributed by atoms with Crippen LogP contribution in [0.5, 0.6) is 0 Å². The van der Waals surface area contributed by atoms with Crippen LogP contribution in [-0.4, -0.2) is 12.8 Å². The maximum absolute atomic E-state index is 14.1. The molecule has 2 aromatic carbocycles. The molecular weight excluding hydrogens is 344 g/mol. The lowest BCUT2D eigenvalue weighted by molar-refractivity contribution is 0.510. The summed E-state index contributed by atoms with van der Waals surface area (Å²) in [5, 5.41) is 2.98. The second-order valence-corrected chi connectivity index (χ2v) is 6.17. The van der Waals surface area contributed by atoms with Gasteiger partial charge in [0.2, 0.25) is 0 Å². The summed E-state index contributed by atoms with van der Waals surface area (Å²) in [7, 11) is 1.70. The minimum Gasteiger partial charge on any atom is -0.312 e. The van der Waals surface area contributed by atoms with E-state index in [0.717, 1.165) is 4.90 Å². The second-order valence-electron chi connectivity index (χ2n) is 4.22. The van der Waals surface area contributed by atoms with Gasteiger partial charge in [-0.3, -0.25) is 0 Å². The standard InChI is InChI=1S/C15H14BrF2NS/c1-19-13(9-20-10-5-3-2-4-6-10)14-12(17)8-7-11(16)15(14)18/h2-8,13,19H,9H2,1H3. The second kappa shape index (κ2) is 7.20. The highest BCUT2D eigenvalue weighted by Gasteiger charge is 2.21. The largest absolute Gasteiger partial charge is 0.312 e. The molecule has 0 aromatic heterocycles. The average molecular weight is 358 g/mol. The average Bonchev–Trinajstić information content (AvgIpc) is 2.47. The van der Waals surface area contributed by atoms with E-state index in [9.17, 15) is 8.78 Å². The zero-order valence-electron chi connectivity index (χ0n) is 10.9. The van der Waals surface area contributed by atoms with Crippen molar-refractivity contribution in [2.24, 2.45) is 0 Å². The van der Waals surface area contributed by atoms with Crippen LogP contribution in [0.4, 0.5) is 8.78 Å². The number of hydrogen-bond acceptors (Lipinski definition) is 2. The first-order valence-electron chi connectivity index (χ1n) is 6.12. The van der Waals surface area contributed by atoms with E-state index < -0.39 is 17.7 Å². The lowest BCUT2D eigenvalue weighted by atomic mass is 10.1. The van der Waals surface area contributed by atoms with Crippen LogP contribution in [-0.2, 0) is 0 Å². The Bertz CT molecular complexity index is 578. The predicted octanol–water partition coefficient (Wildman–Crippen LogP) is 4.78. The van der Waals surface area contributed by atoms with Gasteiger partial charge in [0.15, 0.2) is 0 Å². The molecule has 0 amide bonds. The van der Waals surface area contributed by atoms with Gasteiger partial charge >= 0.3 is 0 Å². The van der Waals surface area contributed by atoms with Crippen molar-refractivity contribution in [1.29, 1.82) is 0 Å². The summed E-state index contributed by atoms with van der Waals surface area (Å²) >= 11 is 4.66. The fraction of sp³-hybridized carbons (Fsp3) is 0.200. The molecular formula is C15H14BrF2NS. The molecule has 0 spiro atoms. The molecule has 0 aliphatic carbocycles. The van der Waals surface area contributed by atoms with Gasteiger partial charge in [-0.15, -0.1) is 11.8 Å². The molecule has 1 nitrogen and oxygen atoms in total. The fourth-order valence-electron chi connectivity index (χ4n) is 1.87. The normalized spacial score (nSPS) is 12.4. The summed E-state index contributed by atoms with van der Waals surface area (Å²) in [5.41, 5.74) is 0.0744. The van der Waals surface area contributed by atoms with Gasteiger partial charge in [0.05, 0.1) is 4.47 Å². The molecule has 0 fully saturated rings. The third-order valence-electron chi connectivity index (χ3n) is 2.94. The van der Waals surface area contributed by atoms with Crippen molar-refractivity contribution in [3.63, 3.8) is 0 Å². The van der Waals surface area contributed by atoms with E-state index in [0.29, 0.717) is 5.75 Å². The molecule has 0 radical (unpaired) electrons. The van der Waals surface area contributed by atoms with Gasteiger partial charge in [0.25, 0.3) is 0 Å². The fourth-order valence-corrected chi connectivity index (χ4v) is 3.26. The predicted molar refractivity (Wildman–Crippen MR) is 83.0 cm³/mol. The summed E-state index contributed by atoms with van der Waals surface area (Å²) in [6.07, 6.45) is 0. The highest BCUT2D eigenvalue weighted by atomic mass is 79.9. The topological polar surface area (TPSA) is 12.0 Å². The van der Waals surface area contributed by atoms with Crippen molar-refractivity contribution in [1.82, 2.24) is 5.32 Å². The SMILES string of the molecule is CNC(CSc1ccccc1)c1c(F)ccc(Br)c1F. The number of hydrogen-bond donors (Lipinski definition) is 1. The third kappa shape index (κ3) is 3.59. The molecule has 1 N–H and O–H groups in total. The van der Waals surface area contributed by atoms with Crippen molar-refractivity contribution in [3.05, 3.63) is 64.1 Å². The van der Waals surface area contributed by atoms with Crippen LogP contribution >= 0.6 is 27.7 Å². The molecule has 1 atom stereocenters. The van der Waals surface area contributed by atoms with Gasteiger partial charge in [0, 0.05) is 22.3 Å². The van der Waals surface area contributed by atoms with Crippen molar-refractivity contribution < 1.29 is 8.78 Å². The molecule has 106 valence electrons. The van der Waals surface area contributed by atoms with E-state index in [4.69, 9.17) is 0 Å². The van der Waals surface area contributed by atoms with E-state index in [-0.39, 0.29) is 10.0 Å². The van der Waals surface area contributed by atoms with Crippen molar-refractivity contribution in [3.8, 4) is 0 Å². The summed E-state index contributed by atoms with van der Waals surface area (Å²) in [5.74, 6) is -0.526. The Hall–Kier alpha value is -0.910. The monoisotopic (exact) mass is 357 g/mol. The van der Waals surface area contributed by atoms with Gasteiger partial charge in [-0.25, -0.2) is 8.78 Å². The number of thioether (sulfide) groups is 1. The van der Waals surface area contributed by atoms with Crippen LogP contribution in [0.2, 0.25) is 0 Å². The molecule has 0 aliphatic heterocycles. The van der Waals surface area contributed by atoms with E-state index in [1.54, 1.807) is 18.8 Å². The molecule has 0 saturated heterocycles. The molecule has 0 bridgehead atoms. The Balaban J connectivity index is 2.19. The summed E-state index contributed by atoms with van der Waals surface area (Å²) < 4.78 is 28.2. The lowest BCUT2D eigenvalue weighted by Gasteiger charge is -2.18. The molecule has 2 aromatic rings. The maximum atomic E-state index is 14.1. The van der Waals surface area contributed by atoms with Gasteiger partial charge in [-0.2, -0.15) is 0 Å². The molecule has 0 aliphatic rings. The first-order chi connectivity index (χ1) is 9.63. The minimum atomic E-state index is -0.544. The van der Waals surface area contributed by atoms with Crippen LogP contribution in [0.25, 0.3) is 0 Å². The van der Waals surface area contributed by atoms with E-state index in [2.05, 4.69) is 21.2 Å². The van der Waals surface area contributed by atoms with E-state index in [1.165, 1.54) is 12.1 Å². The van der Waals surface area contributed by atoms with Gasteiger partial charge in [-0.05, 0) is 47.2 Å². The summed E-state index contributed by atoms with van der Waals surface area (Å²) in [6, 6.07) is 12.0. The van der Waals surface area contributed by atoms with Gasteiger partial charge < -0.3 is 5.32 Å². The zero-order valence-corrected chi connectivity index (χ0v) is 13.3. The van der Waals surface area contributed by atoms with Crippen LogP contribution in [0, 0.1) is 11.6 Å². The van der Waals surface area contributed by atoms with Gasteiger partial charge in [0.1, 0.15) is 11.6 Å². The molecule has 5 heteroatoms.